The van der Waals surface area contributed by atoms with Crippen molar-refractivity contribution < 1.29 is 18.7 Å². The lowest BCUT2D eigenvalue weighted by Crippen LogP contribution is -2.34. The van der Waals surface area contributed by atoms with E-state index in [-0.39, 0.29) is 0 Å². The van der Waals surface area contributed by atoms with Crippen LogP contribution in [0.2, 0.25) is 0 Å². The van der Waals surface area contributed by atoms with Gasteiger partial charge in [0.25, 0.3) is 6.43 Å². The second-order valence-electron chi connectivity index (χ2n) is 1.80. The molecule has 0 aromatic heterocycles. The number of hydrogen-bond donors (Lipinski definition) is 3. The van der Waals surface area contributed by atoms with Gasteiger partial charge in [-0.05, 0) is 0 Å². The first-order chi connectivity index (χ1) is 5.57. The van der Waals surface area contributed by atoms with Crippen molar-refractivity contribution in [1.82, 2.24) is 10.2 Å². The Hall–Kier alpha value is -1.56. The van der Waals surface area contributed by atoms with Crippen LogP contribution in [0, 0.1) is 5.53 Å². The van der Waals surface area contributed by atoms with E-state index in [9.17, 15) is 13.6 Å². The summed E-state index contributed by atoms with van der Waals surface area (Å²) in [5.74, 6) is 0. The Morgan fingerprint density at radius 3 is 2.67 bits per heavy atom. The molecule has 0 aromatic rings. The SMILES string of the molecule is N=[N+]=NC(CNC(=O)O)C(F)F. The summed E-state index contributed by atoms with van der Waals surface area (Å²) in [4.78, 5) is 12.3. The Morgan fingerprint density at radius 1 is 1.75 bits per heavy atom. The van der Waals surface area contributed by atoms with E-state index in [0.29, 0.717) is 0 Å². The van der Waals surface area contributed by atoms with Gasteiger partial charge in [0.2, 0.25) is 11.0 Å². The fraction of sp³-hybridized carbons (Fsp3) is 0.750. The van der Waals surface area contributed by atoms with Gasteiger partial charge in [0.15, 0.2) is 0 Å². The first kappa shape index (κ1) is 10.4. The molecule has 0 saturated heterocycles. The van der Waals surface area contributed by atoms with Crippen molar-refractivity contribution in [2.75, 3.05) is 6.54 Å². The number of hydrogen-bond acceptors (Lipinski definition) is 3. The van der Waals surface area contributed by atoms with E-state index in [1.807, 2.05) is 0 Å². The maximum Gasteiger partial charge on any atom is 0.404 e. The quantitative estimate of drug-likeness (QED) is 0.433. The van der Waals surface area contributed by atoms with Gasteiger partial charge >= 0.3 is 6.09 Å². The number of amides is 1. The van der Waals surface area contributed by atoms with Crippen molar-refractivity contribution in [1.29, 1.82) is 5.53 Å². The molecular formula is C4H7F2N4O2+. The van der Waals surface area contributed by atoms with Crippen molar-refractivity contribution >= 4 is 6.09 Å². The molecule has 68 valence electrons. The zero-order valence-corrected chi connectivity index (χ0v) is 5.87. The standard InChI is InChI=1S/C4H6F2N4O2/c5-3(6)2(9-10-7)1-8-4(11)12/h2-3,7-8H,1H2/p+1. The molecule has 0 fully saturated rings. The molecule has 0 heterocycles. The number of carbonyl (C=O) groups is 1. The van der Waals surface area contributed by atoms with Crippen LogP contribution < -0.4 is 10.2 Å². The van der Waals surface area contributed by atoms with Gasteiger partial charge in [0.05, 0.1) is 6.54 Å². The second-order valence-corrected chi connectivity index (χ2v) is 1.80. The lowest BCUT2D eigenvalue weighted by atomic mass is 10.3. The predicted octanol–water partition coefficient (Wildman–Crippen LogP) is 0.438. The molecule has 12 heavy (non-hydrogen) atoms. The van der Waals surface area contributed by atoms with Crippen LogP contribution in [-0.4, -0.2) is 30.2 Å². The summed E-state index contributed by atoms with van der Waals surface area (Å²) in [5, 5.41) is 12.6. The molecule has 6 nitrogen and oxygen atoms in total. The largest absolute Gasteiger partial charge is 0.465 e. The summed E-state index contributed by atoms with van der Waals surface area (Å²) in [7, 11) is 0. The highest BCUT2D eigenvalue weighted by molar-refractivity contribution is 5.64. The lowest BCUT2D eigenvalue weighted by Gasteiger charge is -2.03. The molecule has 0 aliphatic carbocycles. The third-order valence-electron chi connectivity index (χ3n) is 0.959. The van der Waals surface area contributed by atoms with E-state index in [1.165, 1.54) is 0 Å². The Bertz CT molecular complexity index is 203. The summed E-state index contributed by atoms with van der Waals surface area (Å²) in [6.45, 7) is -0.546. The van der Waals surface area contributed by atoms with Crippen LogP contribution in [0.25, 0.3) is 0 Å². The van der Waals surface area contributed by atoms with Crippen LogP contribution in [0.15, 0.2) is 5.11 Å². The van der Waals surface area contributed by atoms with Gasteiger partial charge in [-0.2, -0.15) is 0 Å². The van der Waals surface area contributed by atoms with E-state index in [0.717, 1.165) is 0 Å². The van der Waals surface area contributed by atoms with E-state index >= 15 is 0 Å². The number of nitrogens with zero attached hydrogens (tertiary/aromatic N) is 2. The minimum Gasteiger partial charge on any atom is -0.465 e. The van der Waals surface area contributed by atoms with Gasteiger partial charge < -0.3 is 10.4 Å². The van der Waals surface area contributed by atoms with Gasteiger partial charge in [-0.3, -0.25) is 0 Å². The number of rotatable bonds is 4. The average Bonchev–Trinajstić information content (AvgIpc) is 1.96. The van der Waals surface area contributed by atoms with E-state index < -0.39 is 25.1 Å². The zero-order chi connectivity index (χ0) is 9.56. The van der Waals surface area contributed by atoms with Crippen molar-refractivity contribution in [3.8, 4) is 0 Å². The molecule has 8 heteroatoms. The second kappa shape index (κ2) is 5.14. The van der Waals surface area contributed by atoms with Crippen molar-refractivity contribution in [2.45, 2.75) is 12.5 Å². The highest BCUT2D eigenvalue weighted by atomic mass is 19.3. The average molecular weight is 181 g/mol. The smallest absolute Gasteiger partial charge is 0.404 e. The van der Waals surface area contributed by atoms with E-state index in [1.54, 1.807) is 5.32 Å². The van der Waals surface area contributed by atoms with Gasteiger partial charge in [0.1, 0.15) is 10.6 Å². The van der Waals surface area contributed by atoms with E-state index in [2.05, 4.69) is 10.0 Å². The van der Waals surface area contributed by atoms with Crippen molar-refractivity contribution in [2.24, 2.45) is 5.11 Å². The molecule has 0 rings (SSSR count). The number of halogens is 2. The summed E-state index contributed by atoms with van der Waals surface area (Å²) >= 11 is 0. The highest BCUT2D eigenvalue weighted by Gasteiger charge is 2.25. The molecule has 0 aliphatic rings. The van der Waals surface area contributed by atoms with Crippen molar-refractivity contribution in [3.05, 3.63) is 0 Å². The maximum absolute atomic E-state index is 11.9. The molecule has 3 N–H and O–H groups in total. The van der Waals surface area contributed by atoms with Gasteiger partial charge in [-0.25, -0.2) is 13.6 Å². The summed E-state index contributed by atoms with van der Waals surface area (Å²) in [5.41, 5.74) is 6.16. The molecule has 0 spiro atoms. The Kier molecular flexibility index (Phi) is 4.47. The molecular weight excluding hydrogens is 174 g/mol. The molecule has 1 atom stereocenters. The highest BCUT2D eigenvalue weighted by Crippen LogP contribution is 2.02. The Morgan fingerprint density at radius 2 is 2.33 bits per heavy atom. The van der Waals surface area contributed by atoms with Crippen LogP contribution in [0.3, 0.4) is 0 Å². The molecule has 1 amide bonds. The van der Waals surface area contributed by atoms with Gasteiger partial charge in [-0.15, -0.1) is 0 Å². The third kappa shape index (κ3) is 4.29. The third-order valence-corrected chi connectivity index (χ3v) is 0.959. The molecule has 0 saturated carbocycles. The van der Waals surface area contributed by atoms with E-state index in [4.69, 9.17) is 10.6 Å². The van der Waals surface area contributed by atoms with Crippen LogP contribution in [0.4, 0.5) is 13.6 Å². The van der Waals surface area contributed by atoms with Crippen molar-refractivity contribution in [3.63, 3.8) is 0 Å². The Labute approximate surface area is 65.8 Å². The monoisotopic (exact) mass is 181 g/mol. The molecule has 0 aliphatic heterocycles. The zero-order valence-electron chi connectivity index (χ0n) is 5.87. The number of carboxylic acid groups (broad SMARTS) is 1. The first-order valence-electron chi connectivity index (χ1n) is 2.89. The van der Waals surface area contributed by atoms with Gasteiger partial charge in [-0.1, -0.05) is 0 Å². The molecule has 0 bridgehead atoms. The fourth-order valence-corrected chi connectivity index (χ4v) is 0.446. The minimum atomic E-state index is -2.83. The normalized spacial score (nSPS) is 11.9. The fourth-order valence-electron chi connectivity index (χ4n) is 0.446. The molecule has 0 aromatic carbocycles. The van der Waals surface area contributed by atoms with Crippen LogP contribution in [0.1, 0.15) is 0 Å². The number of nitrogens with one attached hydrogen (secondary N) is 2. The van der Waals surface area contributed by atoms with Gasteiger partial charge in [0, 0.05) is 0 Å². The van der Waals surface area contributed by atoms with Crippen LogP contribution in [-0.2, 0) is 0 Å². The topological polar surface area (TPSA) is 99.6 Å². The van der Waals surface area contributed by atoms with Crippen LogP contribution in [0.5, 0.6) is 0 Å². The molecule has 0 radical (unpaired) electrons. The lowest BCUT2D eigenvalue weighted by molar-refractivity contribution is 0.111. The summed E-state index contributed by atoms with van der Waals surface area (Å²) in [6, 6.07) is -1.58. The first-order valence-corrected chi connectivity index (χ1v) is 2.89. The summed E-state index contributed by atoms with van der Waals surface area (Å²) in [6.07, 6.45) is -4.24. The number of alkyl halides is 2. The molecule has 1 unspecified atom stereocenters. The minimum absolute atomic E-state index is 0.546. The maximum atomic E-state index is 11.9. The predicted molar refractivity (Wildman–Crippen MR) is 33.1 cm³/mol. The van der Waals surface area contributed by atoms with Crippen LogP contribution >= 0.6 is 0 Å². The summed E-state index contributed by atoms with van der Waals surface area (Å²) < 4.78 is 23.7. The Balaban J connectivity index is 3.96.